The zero-order valence-corrected chi connectivity index (χ0v) is 13.0. The lowest BCUT2D eigenvalue weighted by atomic mass is 9.86. The summed E-state index contributed by atoms with van der Waals surface area (Å²) in [4.78, 5) is 26.6. The Hall–Kier alpha value is -2.70. The number of hydrogen-bond donors (Lipinski definition) is 2. The van der Waals surface area contributed by atoms with Gasteiger partial charge in [-0.3, -0.25) is 14.9 Å². The first-order valence-corrected chi connectivity index (χ1v) is 7.55. The summed E-state index contributed by atoms with van der Waals surface area (Å²) < 4.78 is 0. The van der Waals surface area contributed by atoms with Crippen LogP contribution in [0.5, 0.6) is 0 Å². The predicted octanol–water partition coefficient (Wildman–Crippen LogP) is 2.39. The first-order chi connectivity index (χ1) is 10.9. The number of carbonyl (C=O) groups is 1. The molecule has 1 amide bonds. The summed E-state index contributed by atoms with van der Waals surface area (Å²) in [5.41, 5.74) is 11.9. The van der Waals surface area contributed by atoms with Gasteiger partial charge in [-0.25, -0.2) is 0 Å². The molecule has 0 fully saturated rings. The Balaban J connectivity index is 2.59. The molecule has 0 spiro atoms. The summed E-state index contributed by atoms with van der Waals surface area (Å²) in [6, 6.07) is 3.04. The highest BCUT2D eigenvalue weighted by Gasteiger charge is 2.25. The van der Waals surface area contributed by atoms with Gasteiger partial charge in [-0.1, -0.05) is 19.1 Å². The number of rotatable bonds is 4. The van der Waals surface area contributed by atoms with E-state index in [0.717, 1.165) is 19.3 Å². The summed E-state index contributed by atoms with van der Waals surface area (Å²) >= 11 is 0. The van der Waals surface area contributed by atoms with E-state index >= 15 is 0 Å². The molecule has 23 heavy (non-hydrogen) atoms. The van der Waals surface area contributed by atoms with Gasteiger partial charge in [0.2, 0.25) is 0 Å². The quantitative estimate of drug-likeness (QED) is 0.290. The van der Waals surface area contributed by atoms with E-state index < -0.39 is 10.8 Å². The van der Waals surface area contributed by atoms with Gasteiger partial charge in [0.15, 0.2) is 5.96 Å². The highest BCUT2D eigenvalue weighted by Crippen LogP contribution is 2.36. The standard InChI is InChI=1S/C16H20N4O3/c1-2-10-8-12(11-6-4-3-5-7-11)14(20(22)23)9-13(10)15(21)19-16(17)18/h4,6,8-9,11H,2-3,5,7H2,1H3,(H4,17,18,19,21). The van der Waals surface area contributed by atoms with Gasteiger partial charge >= 0.3 is 0 Å². The van der Waals surface area contributed by atoms with Crippen molar-refractivity contribution < 1.29 is 9.72 Å². The molecule has 0 heterocycles. The molecule has 1 unspecified atom stereocenters. The molecular formula is C16H20N4O3. The van der Waals surface area contributed by atoms with E-state index in [9.17, 15) is 14.9 Å². The third-order valence-electron chi connectivity index (χ3n) is 3.94. The van der Waals surface area contributed by atoms with E-state index in [1.165, 1.54) is 6.07 Å². The lowest BCUT2D eigenvalue weighted by Gasteiger charge is -2.18. The molecule has 7 nitrogen and oxygen atoms in total. The van der Waals surface area contributed by atoms with E-state index in [1.54, 1.807) is 6.07 Å². The van der Waals surface area contributed by atoms with Crippen molar-refractivity contribution in [3.05, 3.63) is 51.1 Å². The van der Waals surface area contributed by atoms with Crippen molar-refractivity contribution in [2.24, 2.45) is 16.5 Å². The molecule has 4 N–H and O–H groups in total. The molecule has 0 bridgehead atoms. The Morgan fingerprint density at radius 1 is 1.43 bits per heavy atom. The van der Waals surface area contributed by atoms with Crippen LogP contribution >= 0.6 is 0 Å². The number of aryl methyl sites for hydroxylation is 1. The van der Waals surface area contributed by atoms with Gasteiger partial charge in [0.05, 0.1) is 10.5 Å². The number of nitro benzene ring substituents is 1. The second-order valence-corrected chi connectivity index (χ2v) is 5.49. The van der Waals surface area contributed by atoms with Crippen LogP contribution in [0.25, 0.3) is 0 Å². The Bertz CT molecular complexity index is 691. The minimum Gasteiger partial charge on any atom is -0.370 e. The lowest BCUT2D eigenvalue weighted by molar-refractivity contribution is -0.385. The summed E-state index contributed by atoms with van der Waals surface area (Å²) in [5.74, 6) is -1.02. The number of allylic oxidation sites excluding steroid dienone is 2. The van der Waals surface area contributed by atoms with Gasteiger partial charge in [0, 0.05) is 17.5 Å². The maximum atomic E-state index is 12.1. The minimum atomic E-state index is -0.657. The Morgan fingerprint density at radius 3 is 2.70 bits per heavy atom. The fraction of sp³-hybridized carbons (Fsp3) is 0.375. The number of guanidine groups is 1. The number of nitro groups is 1. The molecular weight excluding hydrogens is 296 g/mol. The average Bonchev–Trinajstić information content (AvgIpc) is 2.53. The molecule has 1 aliphatic rings. The third-order valence-corrected chi connectivity index (χ3v) is 3.94. The molecule has 1 aliphatic carbocycles. The van der Waals surface area contributed by atoms with E-state index in [1.807, 2.05) is 19.1 Å². The van der Waals surface area contributed by atoms with Crippen molar-refractivity contribution >= 4 is 17.6 Å². The molecule has 1 aromatic carbocycles. The van der Waals surface area contributed by atoms with E-state index in [0.29, 0.717) is 17.5 Å². The lowest BCUT2D eigenvalue weighted by Crippen LogP contribution is -2.24. The Labute approximate surface area is 134 Å². The van der Waals surface area contributed by atoms with Crippen LogP contribution in [0.15, 0.2) is 29.3 Å². The van der Waals surface area contributed by atoms with Crippen LogP contribution in [0.4, 0.5) is 5.69 Å². The summed E-state index contributed by atoms with van der Waals surface area (Å²) in [5, 5.41) is 11.4. The highest BCUT2D eigenvalue weighted by atomic mass is 16.6. The molecule has 0 aromatic heterocycles. The van der Waals surface area contributed by atoms with Crippen LogP contribution in [0.3, 0.4) is 0 Å². The molecule has 2 rings (SSSR count). The minimum absolute atomic E-state index is 0.00156. The van der Waals surface area contributed by atoms with Gasteiger partial charge in [-0.15, -0.1) is 0 Å². The number of nitrogens with two attached hydrogens (primary N) is 2. The van der Waals surface area contributed by atoms with Crippen LogP contribution < -0.4 is 11.5 Å². The van der Waals surface area contributed by atoms with E-state index in [-0.39, 0.29) is 23.1 Å². The monoisotopic (exact) mass is 316 g/mol. The summed E-state index contributed by atoms with van der Waals surface area (Å²) in [6.45, 7) is 1.88. The van der Waals surface area contributed by atoms with Crippen LogP contribution in [-0.2, 0) is 6.42 Å². The van der Waals surface area contributed by atoms with Crippen LogP contribution in [0.2, 0.25) is 0 Å². The number of amides is 1. The number of benzene rings is 1. The average molecular weight is 316 g/mol. The molecule has 0 radical (unpaired) electrons. The second kappa shape index (κ2) is 7.04. The summed E-state index contributed by atoms with van der Waals surface area (Å²) in [6.07, 6.45) is 7.45. The normalized spacial score (nSPS) is 16.8. The van der Waals surface area contributed by atoms with Crippen LogP contribution in [0, 0.1) is 10.1 Å². The van der Waals surface area contributed by atoms with Crippen molar-refractivity contribution in [2.45, 2.75) is 38.5 Å². The van der Waals surface area contributed by atoms with Crippen molar-refractivity contribution in [3.8, 4) is 0 Å². The molecule has 0 aliphatic heterocycles. The van der Waals surface area contributed by atoms with E-state index in [4.69, 9.17) is 11.5 Å². The largest absolute Gasteiger partial charge is 0.370 e. The number of aliphatic imine (C=N–C) groups is 1. The fourth-order valence-electron chi connectivity index (χ4n) is 2.85. The number of carbonyl (C=O) groups excluding carboxylic acids is 1. The number of hydrogen-bond acceptors (Lipinski definition) is 3. The van der Waals surface area contributed by atoms with Gasteiger partial charge in [-0.05, 0) is 37.3 Å². The molecule has 0 saturated carbocycles. The topological polar surface area (TPSA) is 125 Å². The molecule has 1 atom stereocenters. The van der Waals surface area contributed by atoms with Crippen LogP contribution in [0.1, 0.15) is 53.6 Å². The molecule has 1 aromatic rings. The van der Waals surface area contributed by atoms with Crippen molar-refractivity contribution in [1.29, 1.82) is 0 Å². The van der Waals surface area contributed by atoms with Crippen molar-refractivity contribution in [1.82, 2.24) is 0 Å². The van der Waals surface area contributed by atoms with Crippen molar-refractivity contribution in [3.63, 3.8) is 0 Å². The first kappa shape index (κ1) is 16.7. The fourth-order valence-corrected chi connectivity index (χ4v) is 2.85. The molecule has 7 heteroatoms. The maximum Gasteiger partial charge on any atom is 0.280 e. The Kier molecular flexibility index (Phi) is 5.10. The second-order valence-electron chi connectivity index (χ2n) is 5.49. The smallest absolute Gasteiger partial charge is 0.280 e. The van der Waals surface area contributed by atoms with Crippen molar-refractivity contribution in [2.75, 3.05) is 0 Å². The zero-order chi connectivity index (χ0) is 17.0. The SMILES string of the molecule is CCc1cc(C2C=CCCC2)c([N+](=O)[O-])cc1C(=O)N=C(N)N. The first-order valence-electron chi connectivity index (χ1n) is 7.55. The van der Waals surface area contributed by atoms with E-state index in [2.05, 4.69) is 4.99 Å². The number of nitrogens with zero attached hydrogens (tertiary/aromatic N) is 2. The van der Waals surface area contributed by atoms with Gasteiger partial charge in [0.1, 0.15) is 0 Å². The highest BCUT2D eigenvalue weighted by molar-refractivity contribution is 6.03. The maximum absolute atomic E-state index is 12.1. The molecule has 122 valence electrons. The molecule has 0 saturated heterocycles. The van der Waals surface area contributed by atoms with Gasteiger partial charge in [0.25, 0.3) is 11.6 Å². The van der Waals surface area contributed by atoms with Crippen LogP contribution in [-0.4, -0.2) is 16.8 Å². The van der Waals surface area contributed by atoms with Gasteiger partial charge < -0.3 is 11.5 Å². The third kappa shape index (κ3) is 3.74. The predicted molar refractivity (Wildman–Crippen MR) is 88.3 cm³/mol. The summed E-state index contributed by atoms with van der Waals surface area (Å²) in [7, 11) is 0. The van der Waals surface area contributed by atoms with Gasteiger partial charge in [-0.2, -0.15) is 4.99 Å². The Morgan fingerprint density at radius 2 is 2.17 bits per heavy atom. The zero-order valence-electron chi connectivity index (χ0n) is 13.0.